The van der Waals surface area contributed by atoms with E-state index in [0.717, 1.165) is 66.2 Å². The quantitative estimate of drug-likeness (QED) is 0.166. The molecule has 0 aliphatic rings. The number of furan rings is 1. The predicted octanol–water partition coefficient (Wildman–Crippen LogP) is 11.0. The monoisotopic (exact) mass is 799 g/mol. The topological polar surface area (TPSA) is 74.2 Å². The zero-order valence-corrected chi connectivity index (χ0v) is 29.7. The molecule has 0 unspecified atom stereocenters. The number of aryl methyl sites for hydroxylation is 1. The Hall–Kier alpha value is -4.54. The van der Waals surface area contributed by atoms with Crippen molar-refractivity contribution in [3.63, 3.8) is 0 Å². The normalized spacial score (nSPS) is 12.4. The van der Waals surface area contributed by atoms with E-state index in [9.17, 15) is 0 Å². The molecular weight excluding hydrogens is 766 g/mol. The number of aromatic nitrogens is 3. The van der Waals surface area contributed by atoms with Crippen LogP contribution in [0.5, 0.6) is 11.8 Å². The van der Waals surface area contributed by atoms with Crippen LogP contribution in [0.25, 0.3) is 66.2 Å². The number of ether oxygens (including phenoxy) is 1. The summed E-state index contributed by atoms with van der Waals surface area (Å²) in [6, 6.07) is 27.9. The van der Waals surface area contributed by atoms with Crippen molar-refractivity contribution in [2.45, 2.75) is 59.3 Å². The Kier molecular flexibility index (Phi) is 7.29. The van der Waals surface area contributed by atoms with E-state index in [1.54, 1.807) is 0 Å². The van der Waals surface area contributed by atoms with Gasteiger partial charge in [0, 0.05) is 44.8 Å². The summed E-state index contributed by atoms with van der Waals surface area (Å²) >= 11 is 0. The first kappa shape index (κ1) is 31.1. The second kappa shape index (κ2) is 11.0. The molecule has 0 fully saturated rings. The Morgan fingerprint density at radius 1 is 0.681 bits per heavy atom. The molecular formula is C40H34N3O3Pt-. The smallest absolute Gasteiger partial charge is 0.222 e. The zero-order valence-electron chi connectivity index (χ0n) is 27.4. The molecule has 0 radical (unpaired) electrons. The van der Waals surface area contributed by atoms with Gasteiger partial charge in [-0.2, -0.15) is 0 Å². The maximum Gasteiger partial charge on any atom is 0.222 e. The molecule has 8 rings (SSSR count). The maximum absolute atomic E-state index is 6.60. The third-order valence-electron chi connectivity index (χ3n) is 8.71. The number of fused-ring (bicyclic) bond motifs is 4. The summed E-state index contributed by atoms with van der Waals surface area (Å²) in [6.07, 6.45) is 1.85. The molecule has 47 heavy (non-hydrogen) atoms. The molecule has 8 aromatic rings. The van der Waals surface area contributed by atoms with Crippen LogP contribution in [0.3, 0.4) is 0 Å². The van der Waals surface area contributed by atoms with Gasteiger partial charge in [-0.05, 0) is 75.5 Å². The van der Waals surface area contributed by atoms with Crippen molar-refractivity contribution in [1.29, 1.82) is 0 Å². The SMILES string of the molecule is Cc1cc(Oc2cc(C(C)(C)C)cc(-c3cc(C(C)(C)C)ccn3)n2)nc2c1oc1cccc3oc4c5ccccc5[c-]c2c4c13.[Pt]. The number of hydrogen-bond donors (Lipinski definition) is 0. The maximum atomic E-state index is 6.60. The van der Waals surface area contributed by atoms with Crippen LogP contribution in [-0.4, -0.2) is 15.0 Å². The number of pyridine rings is 3. The van der Waals surface area contributed by atoms with E-state index in [4.69, 9.17) is 28.5 Å². The molecule has 5 heterocycles. The fourth-order valence-corrected chi connectivity index (χ4v) is 6.15. The Morgan fingerprint density at radius 3 is 2.11 bits per heavy atom. The van der Waals surface area contributed by atoms with E-state index in [1.165, 1.54) is 5.56 Å². The Labute approximate surface area is 287 Å². The molecule has 0 atom stereocenters. The predicted molar refractivity (Wildman–Crippen MR) is 185 cm³/mol. The van der Waals surface area contributed by atoms with E-state index < -0.39 is 0 Å². The largest absolute Gasteiger partial charge is 0.472 e. The van der Waals surface area contributed by atoms with Crippen molar-refractivity contribution in [3.05, 3.63) is 102 Å². The average Bonchev–Trinajstić information content (AvgIpc) is 3.35. The summed E-state index contributed by atoms with van der Waals surface area (Å²) in [6.45, 7) is 15.2. The third kappa shape index (κ3) is 5.29. The molecule has 7 heteroatoms. The molecule has 3 aromatic carbocycles. The summed E-state index contributed by atoms with van der Waals surface area (Å²) in [5.74, 6) is 0.870. The number of hydrogen-bond acceptors (Lipinski definition) is 6. The van der Waals surface area contributed by atoms with Gasteiger partial charge in [-0.15, -0.1) is 17.5 Å². The van der Waals surface area contributed by atoms with E-state index in [0.29, 0.717) is 22.9 Å². The first-order valence-corrected chi connectivity index (χ1v) is 15.6. The molecule has 5 aromatic heterocycles. The van der Waals surface area contributed by atoms with Crippen molar-refractivity contribution in [2.75, 3.05) is 0 Å². The van der Waals surface area contributed by atoms with E-state index in [1.807, 2.05) is 61.7 Å². The van der Waals surface area contributed by atoms with Crippen molar-refractivity contribution >= 4 is 54.8 Å². The molecule has 0 N–H and O–H groups in total. The van der Waals surface area contributed by atoms with Gasteiger partial charge in [-0.3, -0.25) is 4.98 Å². The van der Waals surface area contributed by atoms with Gasteiger partial charge in [0.05, 0.1) is 22.5 Å². The zero-order chi connectivity index (χ0) is 32.0. The Bertz CT molecular complexity index is 2500. The van der Waals surface area contributed by atoms with Crippen LogP contribution in [-0.2, 0) is 31.9 Å². The minimum Gasteiger partial charge on any atom is -0.472 e. The van der Waals surface area contributed by atoms with Crippen LogP contribution in [0, 0.1) is 13.0 Å². The van der Waals surface area contributed by atoms with Gasteiger partial charge in [0.2, 0.25) is 11.8 Å². The molecule has 6 nitrogen and oxygen atoms in total. The first-order valence-electron chi connectivity index (χ1n) is 15.6. The average molecular weight is 800 g/mol. The molecule has 238 valence electrons. The van der Waals surface area contributed by atoms with Gasteiger partial charge in [-0.25, -0.2) is 9.97 Å². The number of rotatable bonds is 3. The van der Waals surface area contributed by atoms with Gasteiger partial charge < -0.3 is 13.6 Å². The van der Waals surface area contributed by atoms with Crippen LogP contribution >= 0.6 is 0 Å². The van der Waals surface area contributed by atoms with Gasteiger partial charge in [-0.1, -0.05) is 71.2 Å². The van der Waals surface area contributed by atoms with E-state index >= 15 is 0 Å². The molecule has 0 spiro atoms. The van der Waals surface area contributed by atoms with Crippen molar-refractivity contribution in [1.82, 2.24) is 15.0 Å². The first-order chi connectivity index (χ1) is 21.9. The fraction of sp³-hybridized carbons (Fsp3) is 0.225. The third-order valence-corrected chi connectivity index (χ3v) is 8.71. The summed E-state index contributed by atoms with van der Waals surface area (Å²) in [7, 11) is 0. The van der Waals surface area contributed by atoms with Crippen molar-refractivity contribution < 1.29 is 34.6 Å². The van der Waals surface area contributed by atoms with Crippen LogP contribution < -0.4 is 4.74 Å². The summed E-state index contributed by atoms with van der Waals surface area (Å²) in [5, 5.41) is 4.62. The number of nitrogens with zero attached hydrogens (tertiary/aromatic N) is 3. The standard InChI is InChI=1S/C40H34N3O3.Pt/c1-22-17-32(46-33-21-25(40(5,6)7)20-29(42-33)28-19-24(15-16-41-28)39(2,3)4)43-36-27-18-23-11-8-9-12-26(23)38-34(27)35-30(44-37(22)36)13-10-14-31(35)45-38;/h8-17,19-21H,1-7H3;/q-1;. The van der Waals surface area contributed by atoms with Crippen LogP contribution in [0.2, 0.25) is 0 Å². The number of benzene rings is 3. The van der Waals surface area contributed by atoms with Gasteiger partial charge in [0.15, 0.2) is 0 Å². The molecule has 0 aliphatic heterocycles. The Morgan fingerprint density at radius 2 is 1.36 bits per heavy atom. The molecule has 0 aliphatic carbocycles. The summed E-state index contributed by atoms with van der Waals surface area (Å²) in [5.41, 5.74) is 8.17. The minimum absolute atomic E-state index is 0. The molecule has 0 saturated carbocycles. The second-order valence-electron chi connectivity index (χ2n) is 14.1. The van der Waals surface area contributed by atoms with Gasteiger partial charge in [0.1, 0.15) is 16.7 Å². The molecule has 0 bridgehead atoms. The van der Waals surface area contributed by atoms with E-state index in [-0.39, 0.29) is 31.9 Å². The molecule has 0 saturated heterocycles. The van der Waals surface area contributed by atoms with Crippen molar-refractivity contribution in [2.24, 2.45) is 0 Å². The van der Waals surface area contributed by atoms with Crippen LogP contribution in [0.4, 0.5) is 0 Å². The van der Waals surface area contributed by atoms with Crippen LogP contribution in [0.15, 0.2) is 87.8 Å². The van der Waals surface area contributed by atoms with Crippen LogP contribution in [0.1, 0.15) is 58.2 Å². The van der Waals surface area contributed by atoms with Crippen molar-refractivity contribution in [3.8, 4) is 23.1 Å². The van der Waals surface area contributed by atoms with E-state index in [2.05, 4.69) is 71.9 Å². The Balaban J connectivity index is 0.00000351. The summed E-state index contributed by atoms with van der Waals surface area (Å²) < 4.78 is 19.6. The second-order valence-corrected chi connectivity index (χ2v) is 14.1. The van der Waals surface area contributed by atoms with Gasteiger partial charge >= 0.3 is 0 Å². The fourth-order valence-electron chi connectivity index (χ4n) is 6.15. The molecule has 0 amide bonds. The van der Waals surface area contributed by atoms with Gasteiger partial charge in [0.25, 0.3) is 0 Å². The summed E-state index contributed by atoms with van der Waals surface area (Å²) in [4.78, 5) is 14.7. The minimum atomic E-state index is -0.146.